The molecule has 0 saturated carbocycles. The van der Waals surface area contributed by atoms with E-state index in [0.29, 0.717) is 42.1 Å². The lowest BCUT2D eigenvalue weighted by Gasteiger charge is -2.34. The highest BCUT2D eigenvalue weighted by molar-refractivity contribution is 7.22. The van der Waals surface area contributed by atoms with E-state index in [1.54, 1.807) is 12.0 Å². The molecule has 2 atom stereocenters. The molecule has 1 aromatic heterocycles. The van der Waals surface area contributed by atoms with Gasteiger partial charge in [-0.05, 0) is 37.6 Å². The van der Waals surface area contributed by atoms with Gasteiger partial charge in [-0.25, -0.2) is 4.98 Å². The maximum Gasteiger partial charge on any atom is 0.273 e. The van der Waals surface area contributed by atoms with Gasteiger partial charge in [-0.3, -0.25) is 14.6 Å². The van der Waals surface area contributed by atoms with Crippen LogP contribution in [0.15, 0.2) is 36.4 Å². The topological polar surface area (TPSA) is 73.4 Å². The van der Waals surface area contributed by atoms with Gasteiger partial charge in [0.25, 0.3) is 5.91 Å². The van der Waals surface area contributed by atoms with Crippen LogP contribution < -0.4 is 19.1 Å². The summed E-state index contributed by atoms with van der Waals surface area (Å²) >= 11 is 1.50. The van der Waals surface area contributed by atoms with Gasteiger partial charge in [0, 0.05) is 26.2 Å². The minimum absolute atomic E-state index is 0.161. The fourth-order valence-electron chi connectivity index (χ4n) is 4.29. The summed E-state index contributed by atoms with van der Waals surface area (Å²) in [6.45, 7) is 8.24. The number of hydrogen-bond donors (Lipinski definition) is 0. The molecule has 0 bridgehead atoms. The predicted molar refractivity (Wildman–Crippen MR) is 131 cm³/mol. The van der Waals surface area contributed by atoms with Crippen molar-refractivity contribution in [2.45, 2.75) is 26.1 Å². The van der Waals surface area contributed by atoms with Crippen molar-refractivity contribution in [2.24, 2.45) is 0 Å². The van der Waals surface area contributed by atoms with Crippen LogP contribution in [0.3, 0.4) is 0 Å². The summed E-state index contributed by atoms with van der Waals surface area (Å²) in [5.74, 6) is 1.77. The summed E-state index contributed by atoms with van der Waals surface area (Å²) in [6, 6.07) is 11.4. The number of benzene rings is 2. The maximum absolute atomic E-state index is 13.9. The molecule has 5 rings (SSSR count). The molecular weight excluding hydrogens is 454 g/mol. The van der Waals surface area contributed by atoms with E-state index in [1.807, 2.05) is 50.2 Å². The number of fused-ring (bicyclic) bond motifs is 2. The normalized spacial score (nSPS) is 20.3. The average molecular weight is 484 g/mol. The van der Waals surface area contributed by atoms with E-state index in [4.69, 9.17) is 23.9 Å². The molecular formula is C25H29N3O5S. The van der Waals surface area contributed by atoms with Gasteiger partial charge in [-0.15, -0.1) is 0 Å². The number of nitrogens with zero attached hydrogens (tertiary/aromatic N) is 3. The number of methoxy groups -OCH3 is 1. The summed E-state index contributed by atoms with van der Waals surface area (Å²) in [5, 5.41) is 0.635. The van der Waals surface area contributed by atoms with Crippen LogP contribution in [0.5, 0.6) is 17.2 Å². The van der Waals surface area contributed by atoms with Crippen LogP contribution in [0.4, 0.5) is 5.13 Å². The first-order chi connectivity index (χ1) is 16.5. The van der Waals surface area contributed by atoms with Gasteiger partial charge >= 0.3 is 0 Å². The highest BCUT2D eigenvalue weighted by atomic mass is 32.1. The fourth-order valence-corrected chi connectivity index (χ4v) is 5.37. The summed E-state index contributed by atoms with van der Waals surface area (Å²) in [5.41, 5.74) is 1.87. The Morgan fingerprint density at radius 1 is 1.18 bits per heavy atom. The van der Waals surface area contributed by atoms with Crippen LogP contribution in [0, 0.1) is 6.92 Å². The number of aromatic nitrogens is 1. The first kappa shape index (κ1) is 22.9. The van der Waals surface area contributed by atoms with Crippen molar-refractivity contribution in [1.82, 2.24) is 9.88 Å². The molecule has 9 heteroatoms. The molecule has 34 heavy (non-hydrogen) atoms. The van der Waals surface area contributed by atoms with E-state index >= 15 is 0 Å². The van der Waals surface area contributed by atoms with E-state index in [1.165, 1.54) is 11.3 Å². The molecule has 1 fully saturated rings. The van der Waals surface area contributed by atoms with Crippen LogP contribution in [0.2, 0.25) is 0 Å². The Kier molecular flexibility index (Phi) is 6.58. The van der Waals surface area contributed by atoms with Crippen LogP contribution in [0.25, 0.3) is 10.2 Å². The van der Waals surface area contributed by atoms with Crippen molar-refractivity contribution in [2.75, 3.05) is 51.4 Å². The van der Waals surface area contributed by atoms with Gasteiger partial charge in [0.05, 0.1) is 25.0 Å². The largest absolute Gasteiger partial charge is 0.494 e. The molecule has 3 aromatic rings. The van der Waals surface area contributed by atoms with E-state index in [9.17, 15) is 4.79 Å². The number of para-hydroxylation sites is 2. The molecule has 0 aliphatic carbocycles. The van der Waals surface area contributed by atoms with Crippen molar-refractivity contribution in [3.8, 4) is 17.2 Å². The van der Waals surface area contributed by atoms with Crippen molar-refractivity contribution < 1.29 is 23.7 Å². The number of ether oxygens (including phenoxy) is 4. The summed E-state index contributed by atoms with van der Waals surface area (Å²) in [4.78, 5) is 22.8. The lowest BCUT2D eigenvalue weighted by Crippen LogP contribution is -2.52. The molecule has 0 radical (unpaired) electrons. The Hall–Kier alpha value is -2.88. The fraction of sp³-hybridized carbons (Fsp3) is 0.440. The highest BCUT2D eigenvalue weighted by Gasteiger charge is 2.38. The Morgan fingerprint density at radius 2 is 1.91 bits per heavy atom. The van der Waals surface area contributed by atoms with Gasteiger partial charge in [0.2, 0.25) is 6.10 Å². The van der Waals surface area contributed by atoms with E-state index in [0.717, 1.165) is 35.4 Å². The Labute approximate surface area is 203 Å². The molecule has 8 nitrogen and oxygen atoms in total. The number of rotatable bonds is 6. The standard InChI is InChI=1S/C25H29N3O5S/c1-16-8-9-20(30-3)21-23(16)34-25(26-21)28(11-10-27-12-14-31-15-13-27)24(29)22-17(2)32-18-6-4-5-7-19(18)33-22/h4-9,17,22H,10-15H2,1-3H3/t17-,22-/m0/s1. The number of carbonyl (C=O) groups excluding carboxylic acids is 1. The number of aryl methyl sites for hydroxylation is 1. The zero-order valence-electron chi connectivity index (χ0n) is 19.7. The average Bonchev–Trinajstić information content (AvgIpc) is 3.30. The minimum atomic E-state index is -0.769. The maximum atomic E-state index is 13.9. The molecule has 2 aromatic carbocycles. The minimum Gasteiger partial charge on any atom is -0.494 e. The molecule has 2 aliphatic heterocycles. The van der Waals surface area contributed by atoms with Crippen LogP contribution >= 0.6 is 11.3 Å². The number of carbonyl (C=O) groups is 1. The van der Waals surface area contributed by atoms with Gasteiger partial charge in [0.15, 0.2) is 16.6 Å². The number of morpholine rings is 1. The zero-order chi connectivity index (χ0) is 23.7. The summed E-state index contributed by atoms with van der Waals surface area (Å²) in [7, 11) is 1.64. The highest BCUT2D eigenvalue weighted by Crippen LogP contribution is 2.38. The molecule has 1 saturated heterocycles. The molecule has 180 valence electrons. The molecule has 0 spiro atoms. The Balaban J connectivity index is 1.47. The van der Waals surface area contributed by atoms with Crippen molar-refractivity contribution in [3.63, 3.8) is 0 Å². The molecule has 2 aliphatic rings. The third-order valence-corrected chi connectivity index (χ3v) is 7.45. The third kappa shape index (κ3) is 4.43. The first-order valence-corrected chi connectivity index (χ1v) is 12.3. The monoisotopic (exact) mass is 483 g/mol. The lowest BCUT2D eigenvalue weighted by molar-refractivity contribution is -0.130. The van der Waals surface area contributed by atoms with Crippen molar-refractivity contribution >= 4 is 32.6 Å². The molecule has 0 N–H and O–H groups in total. The number of hydrogen-bond acceptors (Lipinski definition) is 8. The van der Waals surface area contributed by atoms with E-state index in [2.05, 4.69) is 4.90 Å². The lowest BCUT2D eigenvalue weighted by atomic mass is 10.1. The molecule has 0 unspecified atom stereocenters. The number of anilines is 1. The quantitative estimate of drug-likeness (QED) is 0.531. The Bertz CT molecular complexity index is 1180. The first-order valence-electron chi connectivity index (χ1n) is 11.5. The van der Waals surface area contributed by atoms with Gasteiger partial charge in [0.1, 0.15) is 17.4 Å². The van der Waals surface area contributed by atoms with Gasteiger partial charge in [-0.2, -0.15) is 0 Å². The predicted octanol–water partition coefficient (Wildman–Crippen LogP) is 3.51. The van der Waals surface area contributed by atoms with E-state index in [-0.39, 0.29) is 5.91 Å². The van der Waals surface area contributed by atoms with E-state index < -0.39 is 12.2 Å². The second kappa shape index (κ2) is 9.77. The van der Waals surface area contributed by atoms with Gasteiger partial charge < -0.3 is 18.9 Å². The SMILES string of the molecule is COc1ccc(C)c2sc(N(CCN3CCOCC3)C(=O)[C@H]3Oc4ccccc4O[C@H]3C)nc12. The summed E-state index contributed by atoms with van der Waals surface area (Å²) < 4.78 is 24.2. The smallest absolute Gasteiger partial charge is 0.273 e. The van der Waals surface area contributed by atoms with Crippen LogP contribution in [-0.4, -0.2) is 74.5 Å². The Morgan fingerprint density at radius 3 is 2.65 bits per heavy atom. The molecule has 1 amide bonds. The van der Waals surface area contributed by atoms with Gasteiger partial charge in [-0.1, -0.05) is 29.5 Å². The van der Waals surface area contributed by atoms with Crippen LogP contribution in [0.1, 0.15) is 12.5 Å². The van der Waals surface area contributed by atoms with Crippen molar-refractivity contribution in [1.29, 1.82) is 0 Å². The van der Waals surface area contributed by atoms with Crippen molar-refractivity contribution in [3.05, 3.63) is 42.0 Å². The third-order valence-electron chi connectivity index (χ3n) is 6.24. The number of amides is 1. The van der Waals surface area contributed by atoms with Crippen LogP contribution in [-0.2, 0) is 9.53 Å². The second-order valence-corrected chi connectivity index (χ2v) is 9.49. The number of thiazole rings is 1. The summed E-state index contributed by atoms with van der Waals surface area (Å²) in [6.07, 6.45) is -1.20. The second-order valence-electron chi connectivity index (χ2n) is 8.51. The zero-order valence-corrected chi connectivity index (χ0v) is 20.5. The molecule has 3 heterocycles.